The van der Waals surface area contributed by atoms with E-state index in [1.54, 1.807) is 0 Å². The van der Waals surface area contributed by atoms with Gasteiger partial charge in [-0.15, -0.1) is 0 Å². The Morgan fingerprint density at radius 2 is 1.84 bits per heavy atom. The molecule has 2 aliphatic carbocycles. The molecule has 32 heavy (non-hydrogen) atoms. The second-order valence-corrected chi connectivity index (χ2v) is 9.38. The van der Waals surface area contributed by atoms with Crippen molar-refractivity contribution in [2.75, 3.05) is 31.1 Å². The van der Waals surface area contributed by atoms with Gasteiger partial charge in [0.05, 0.1) is 11.7 Å². The minimum absolute atomic E-state index is 0.603. The van der Waals surface area contributed by atoms with Crippen LogP contribution in [0.1, 0.15) is 48.4 Å². The van der Waals surface area contributed by atoms with Crippen LogP contribution in [-0.2, 0) is 12.8 Å². The molecule has 7 nitrogen and oxygen atoms in total. The molecular weight excluding hydrogens is 398 g/mol. The van der Waals surface area contributed by atoms with Gasteiger partial charge in [0.1, 0.15) is 11.5 Å². The first kappa shape index (κ1) is 18.5. The van der Waals surface area contributed by atoms with Crippen molar-refractivity contribution in [2.45, 2.75) is 44.4 Å². The van der Waals surface area contributed by atoms with Gasteiger partial charge in [0.15, 0.2) is 5.82 Å². The Balaban J connectivity index is 1.48. The largest absolute Gasteiger partial charge is 0.353 e. The Morgan fingerprint density at radius 1 is 0.969 bits per heavy atom. The van der Waals surface area contributed by atoms with Crippen LogP contribution in [0.25, 0.3) is 33.3 Å². The Bertz CT molecular complexity index is 1330. The van der Waals surface area contributed by atoms with E-state index in [0.717, 1.165) is 67.4 Å². The highest BCUT2D eigenvalue weighted by Crippen LogP contribution is 2.45. The summed E-state index contributed by atoms with van der Waals surface area (Å²) in [4.78, 5) is 25.6. The molecule has 0 atom stereocenters. The average Bonchev–Trinajstić information content (AvgIpc) is 3.63. The number of aromatic nitrogens is 5. The van der Waals surface area contributed by atoms with E-state index in [2.05, 4.69) is 31.2 Å². The zero-order valence-corrected chi connectivity index (χ0v) is 18.2. The predicted octanol–water partition coefficient (Wildman–Crippen LogP) is 3.73. The van der Waals surface area contributed by atoms with E-state index < -0.39 is 0 Å². The Labute approximate surface area is 186 Å². The number of aryl methyl sites for hydroxylation is 2. The fourth-order valence-corrected chi connectivity index (χ4v) is 5.53. The lowest BCUT2D eigenvalue weighted by atomic mass is 9.94. The van der Waals surface area contributed by atoms with Crippen LogP contribution >= 0.6 is 0 Å². The van der Waals surface area contributed by atoms with Crippen molar-refractivity contribution in [1.29, 1.82) is 0 Å². The van der Waals surface area contributed by atoms with Crippen LogP contribution < -0.4 is 10.2 Å². The van der Waals surface area contributed by atoms with Crippen LogP contribution in [0.15, 0.2) is 24.7 Å². The maximum atomic E-state index is 5.26. The smallest absolute Gasteiger partial charge is 0.163 e. The summed E-state index contributed by atoms with van der Waals surface area (Å²) < 4.78 is 0. The maximum Gasteiger partial charge on any atom is 0.163 e. The minimum Gasteiger partial charge on any atom is -0.353 e. The fraction of sp³-hybridized carbons (Fsp3) is 0.440. The number of pyridine rings is 2. The highest BCUT2D eigenvalue weighted by molar-refractivity contribution is 5.98. The molecule has 0 aromatic carbocycles. The van der Waals surface area contributed by atoms with E-state index in [1.807, 2.05) is 18.6 Å². The van der Waals surface area contributed by atoms with Crippen molar-refractivity contribution in [3.8, 4) is 11.4 Å². The monoisotopic (exact) mass is 425 g/mol. The molecule has 0 amide bonds. The van der Waals surface area contributed by atoms with Gasteiger partial charge in [-0.3, -0.25) is 4.98 Å². The van der Waals surface area contributed by atoms with Gasteiger partial charge in [0.2, 0.25) is 0 Å². The van der Waals surface area contributed by atoms with Crippen molar-refractivity contribution in [3.05, 3.63) is 41.5 Å². The summed E-state index contributed by atoms with van der Waals surface area (Å²) >= 11 is 0. The number of nitrogens with one attached hydrogen (secondary N) is 2. The summed E-state index contributed by atoms with van der Waals surface area (Å²) in [5, 5.41) is 5.88. The topological polar surface area (TPSA) is 82.6 Å². The number of piperazine rings is 1. The molecule has 0 bridgehead atoms. The first-order chi connectivity index (χ1) is 15.9. The molecule has 2 fully saturated rings. The summed E-state index contributed by atoms with van der Waals surface area (Å²) in [5.41, 5.74) is 7.08. The second kappa shape index (κ2) is 7.24. The Kier molecular flexibility index (Phi) is 4.18. The number of nitrogens with zero attached hydrogens (tertiary/aromatic N) is 5. The lowest BCUT2D eigenvalue weighted by Gasteiger charge is -2.30. The van der Waals surface area contributed by atoms with Crippen LogP contribution in [0, 0.1) is 0 Å². The third-order valence-corrected chi connectivity index (χ3v) is 7.28. The molecule has 0 radical (unpaired) electrons. The van der Waals surface area contributed by atoms with E-state index in [0.29, 0.717) is 5.92 Å². The van der Waals surface area contributed by atoms with Crippen molar-refractivity contribution in [1.82, 2.24) is 30.2 Å². The van der Waals surface area contributed by atoms with Gasteiger partial charge < -0.3 is 15.2 Å². The molecule has 162 valence electrons. The van der Waals surface area contributed by atoms with E-state index in [9.17, 15) is 0 Å². The van der Waals surface area contributed by atoms with Gasteiger partial charge in [0.25, 0.3) is 0 Å². The minimum atomic E-state index is 0.603. The van der Waals surface area contributed by atoms with Crippen molar-refractivity contribution in [2.24, 2.45) is 0 Å². The molecule has 0 spiro atoms. The second-order valence-electron chi connectivity index (χ2n) is 9.38. The lowest BCUT2D eigenvalue weighted by Crippen LogP contribution is -2.44. The molecule has 7 heteroatoms. The van der Waals surface area contributed by atoms with Gasteiger partial charge in [-0.05, 0) is 61.6 Å². The highest BCUT2D eigenvalue weighted by Gasteiger charge is 2.30. The predicted molar refractivity (Wildman–Crippen MR) is 126 cm³/mol. The average molecular weight is 426 g/mol. The normalized spacial score (nSPS) is 18.9. The van der Waals surface area contributed by atoms with Crippen molar-refractivity contribution in [3.63, 3.8) is 0 Å². The van der Waals surface area contributed by atoms with Crippen molar-refractivity contribution < 1.29 is 0 Å². The Morgan fingerprint density at radius 3 is 2.72 bits per heavy atom. The first-order valence-corrected chi connectivity index (χ1v) is 12.0. The van der Waals surface area contributed by atoms with E-state index in [1.165, 1.54) is 53.3 Å². The molecule has 3 aliphatic rings. The molecule has 1 saturated carbocycles. The van der Waals surface area contributed by atoms with Gasteiger partial charge >= 0.3 is 0 Å². The number of aromatic amines is 1. The SMILES string of the molecule is c1cc(-c2nc(N3CCNCC3)c3c(C4CC4)cncc3n2)c2c3c([nH]c2n1)CCCC3. The van der Waals surface area contributed by atoms with Crippen LogP contribution in [0.4, 0.5) is 5.82 Å². The quantitative estimate of drug-likeness (QED) is 0.520. The molecule has 7 rings (SSSR count). The summed E-state index contributed by atoms with van der Waals surface area (Å²) in [6.45, 7) is 3.89. The standard InChI is InChI=1S/C25H27N7/c1-2-4-19-16(3-1)21-17(7-8-28-24(21)29-19)23-30-20-14-27-13-18(15-5-6-15)22(20)25(31-23)32-11-9-26-10-12-32/h7-8,13-15,26H,1-6,9-12H2,(H,28,29). The van der Waals surface area contributed by atoms with Crippen LogP contribution in [0.2, 0.25) is 0 Å². The number of rotatable bonds is 3. The zero-order valence-electron chi connectivity index (χ0n) is 18.2. The first-order valence-electron chi connectivity index (χ1n) is 12.0. The molecule has 2 N–H and O–H groups in total. The van der Waals surface area contributed by atoms with Crippen LogP contribution in [0.3, 0.4) is 0 Å². The maximum absolute atomic E-state index is 5.26. The molecule has 0 unspecified atom stereocenters. The van der Waals surface area contributed by atoms with Gasteiger partial charge in [-0.1, -0.05) is 0 Å². The third-order valence-electron chi connectivity index (χ3n) is 7.28. The molecule has 4 aromatic heterocycles. The van der Waals surface area contributed by atoms with E-state index in [4.69, 9.17) is 9.97 Å². The van der Waals surface area contributed by atoms with Crippen molar-refractivity contribution >= 4 is 27.8 Å². The van der Waals surface area contributed by atoms with Gasteiger partial charge in [-0.25, -0.2) is 15.0 Å². The number of anilines is 1. The molecule has 1 saturated heterocycles. The molecule has 5 heterocycles. The molecule has 1 aliphatic heterocycles. The zero-order chi connectivity index (χ0) is 21.1. The highest BCUT2D eigenvalue weighted by atomic mass is 15.2. The third kappa shape index (κ3) is 2.91. The lowest BCUT2D eigenvalue weighted by molar-refractivity contribution is 0.586. The van der Waals surface area contributed by atoms with Crippen LogP contribution in [-0.4, -0.2) is 51.1 Å². The number of hydrogen-bond acceptors (Lipinski definition) is 6. The Hall–Kier alpha value is -3.06. The van der Waals surface area contributed by atoms with Crippen LogP contribution in [0.5, 0.6) is 0 Å². The summed E-state index contributed by atoms with van der Waals surface area (Å²) in [6, 6.07) is 2.09. The molecule has 4 aromatic rings. The molecular formula is C25H27N7. The number of H-pyrrole nitrogens is 1. The van der Waals surface area contributed by atoms with E-state index in [-0.39, 0.29) is 0 Å². The van der Waals surface area contributed by atoms with Gasteiger partial charge in [0, 0.05) is 60.6 Å². The number of fused-ring (bicyclic) bond motifs is 4. The summed E-state index contributed by atoms with van der Waals surface area (Å²) in [7, 11) is 0. The number of hydrogen-bond donors (Lipinski definition) is 2. The van der Waals surface area contributed by atoms with E-state index >= 15 is 0 Å². The summed E-state index contributed by atoms with van der Waals surface area (Å²) in [6.07, 6.45) is 13.0. The van der Waals surface area contributed by atoms with Gasteiger partial charge in [-0.2, -0.15) is 0 Å². The fourth-order valence-electron chi connectivity index (χ4n) is 5.53. The summed E-state index contributed by atoms with van der Waals surface area (Å²) in [5.74, 6) is 2.47.